The van der Waals surface area contributed by atoms with Crippen molar-refractivity contribution in [1.29, 1.82) is 0 Å². The molecular weight excluding hydrogens is 268 g/mol. The molecule has 2 fully saturated rings. The Morgan fingerprint density at radius 1 is 1.48 bits per heavy atom. The molecule has 6 nitrogen and oxygen atoms in total. The van der Waals surface area contributed by atoms with Gasteiger partial charge in [0.2, 0.25) is 5.91 Å². The third-order valence-electron chi connectivity index (χ3n) is 4.39. The van der Waals surface area contributed by atoms with Gasteiger partial charge in [-0.05, 0) is 17.7 Å². The largest absolute Gasteiger partial charge is 0.373 e. The van der Waals surface area contributed by atoms with E-state index in [-0.39, 0.29) is 18.1 Å². The predicted octanol–water partition coefficient (Wildman–Crippen LogP) is 0.305. The number of morpholine rings is 1. The fourth-order valence-electron chi connectivity index (χ4n) is 3.32. The average molecular weight is 286 g/mol. The summed E-state index contributed by atoms with van der Waals surface area (Å²) in [5.41, 5.74) is 1.85. The minimum atomic E-state index is 0.146. The molecule has 4 rings (SSSR count). The van der Waals surface area contributed by atoms with Gasteiger partial charge in [0, 0.05) is 37.4 Å². The zero-order chi connectivity index (χ0) is 14.2. The molecule has 0 radical (unpaired) electrons. The molecule has 21 heavy (non-hydrogen) atoms. The summed E-state index contributed by atoms with van der Waals surface area (Å²) in [5.74, 6) is 0.168. The number of rotatable bonds is 2. The lowest BCUT2D eigenvalue weighted by Gasteiger charge is -2.37. The molecule has 2 N–H and O–H groups in total. The molecule has 4 heterocycles. The molecule has 0 aromatic carbocycles. The van der Waals surface area contributed by atoms with Gasteiger partial charge in [0.05, 0.1) is 25.2 Å². The number of nitrogens with zero attached hydrogens (tertiary/aromatic N) is 2. The Labute approximate surface area is 122 Å². The third-order valence-corrected chi connectivity index (χ3v) is 4.39. The van der Waals surface area contributed by atoms with Crippen LogP contribution in [0.15, 0.2) is 24.5 Å². The van der Waals surface area contributed by atoms with Crippen LogP contribution in [0.2, 0.25) is 0 Å². The van der Waals surface area contributed by atoms with Crippen molar-refractivity contribution in [2.45, 2.75) is 18.6 Å². The summed E-state index contributed by atoms with van der Waals surface area (Å²) in [6.07, 6.45) is 4.20. The van der Waals surface area contributed by atoms with E-state index in [1.807, 2.05) is 23.2 Å². The van der Waals surface area contributed by atoms with Crippen LogP contribution >= 0.6 is 0 Å². The van der Waals surface area contributed by atoms with Crippen molar-refractivity contribution in [1.82, 2.24) is 20.2 Å². The molecule has 0 saturated carbocycles. The van der Waals surface area contributed by atoms with Gasteiger partial charge in [0.25, 0.3) is 0 Å². The number of ether oxygens (including phenoxy) is 1. The summed E-state index contributed by atoms with van der Waals surface area (Å²) in [6, 6.07) is 4.07. The smallest absolute Gasteiger partial charge is 0.227 e. The monoisotopic (exact) mass is 286 g/mol. The summed E-state index contributed by atoms with van der Waals surface area (Å²) in [7, 11) is 0. The van der Waals surface area contributed by atoms with Gasteiger partial charge in [-0.1, -0.05) is 0 Å². The van der Waals surface area contributed by atoms with Gasteiger partial charge in [-0.2, -0.15) is 0 Å². The molecule has 0 spiro atoms. The van der Waals surface area contributed by atoms with Gasteiger partial charge in [-0.25, -0.2) is 4.98 Å². The Bertz CT molecular complexity index is 668. The first-order valence-electron chi connectivity index (χ1n) is 7.36. The van der Waals surface area contributed by atoms with Crippen molar-refractivity contribution in [3.05, 3.63) is 30.1 Å². The summed E-state index contributed by atoms with van der Waals surface area (Å²) < 4.78 is 5.72. The highest BCUT2D eigenvalue weighted by atomic mass is 16.5. The maximum Gasteiger partial charge on any atom is 0.227 e. The van der Waals surface area contributed by atoms with Gasteiger partial charge in [0.15, 0.2) is 0 Å². The van der Waals surface area contributed by atoms with E-state index in [4.69, 9.17) is 4.74 Å². The van der Waals surface area contributed by atoms with E-state index in [1.54, 1.807) is 6.20 Å². The first-order valence-corrected chi connectivity index (χ1v) is 7.36. The molecule has 2 aromatic rings. The predicted molar refractivity (Wildman–Crippen MR) is 77.9 cm³/mol. The first kappa shape index (κ1) is 12.8. The molecule has 2 aliphatic rings. The van der Waals surface area contributed by atoms with Gasteiger partial charge in [-0.3, -0.25) is 4.79 Å². The Morgan fingerprint density at radius 3 is 3.38 bits per heavy atom. The van der Waals surface area contributed by atoms with Crippen LogP contribution in [0.5, 0.6) is 0 Å². The summed E-state index contributed by atoms with van der Waals surface area (Å²) in [4.78, 5) is 22.0. The van der Waals surface area contributed by atoms with Crippen LogP contribution < -0.4 is 5.32 Å². The minimum absolute atomic E-state index is 0.146. The summed E-state index contributed by atoms with van der Waals surface area (Å²) in [5, 5.41) is 4.33. The van der Waals surface area contributed by atoms with E-state index in [0.29, 0.717) is 19.6 Å². The molecule has 0 unspecified atom stereocenters. The molecule has 110 valence electrons. The quantitative estimate of drug-likeness (QED) is 0.833. The van der Waals surface area contributed by atoms with E-state index in [0.717, 1.165) is 29.7 Å². The second kappa shape index (κ2) is 5.13. The van der Waals surface area contributed by atoms with Crippen LogP contribution in [0.25, 0.3) is 11.0 Å². The number of aromatic nitrogens is 2. The lowest BCUT2D eigenvalue weighted by Crippen LogP contribution is -2.53. The zero-order valence-electron chi connectivity index (χ0n) is 11.7. The zero-order valence-corrected chi connectivity index (χ0v) is 11.7. The molecule has 0 bridgehead atoms. The van der Waals surface area contributed by atoms with E-state index in [9.17, 15) is 4.79 Å². The average Bonchev–Trinajstić information content (AvgIpc) is 3.14. The lowest BCUT2D eigenvalue weighted by molar-refractivity contribution is -0.142. The number of hydrogen-bond acceptors (Lipinski definition) is 4. The topological polar surface area (TPSA) is 70.2 Å². The number of hydrogen-bond donors (Lipinski definition) is 2. The SMILES string of the molecule is O=C(Cc1c[nH]c2ncccc12)N1CCO[C@H]2CNC[C@H]21. The van der Waals surface area contributed by atoms with E-state index in [1.165, 1.54) is 0 Å². The highest BCUT2D eigenvalue weighted by Crippen LogP contribution is 2.21. The van der Waals surface area contributed by atoms with Gasteiger partial charge < -0.3 is 19.9 Å². The number of carbonyl (C=O) groups excluding carboxylic acids is 1. The summed E-state index contributed by atoms with van der Waals surface area (Å²) in [6.45, 7) is 2.98. The fraction of sp³-hybridized carbons (Fsp3) is 0.467. The van der Waals surface area contributed by atoms with Gasteiger partial charge in [-0.15, -0.1) is 0 Å². The Kier molecular flexibility index (Phi) is 3.12. The van der Waals surface area contributed by atoms with Crippen molar-refractivity contribution in [2.75, 3.05) is 26.2 Å². The number of pyridine rings is 1. The van der Waals surface area contributed by atoms with Crippen LogP contribution in [0.4, 0.5) is 0 Å². The van der Waals surface area contributed by atoms with Crippen molar-refractivity contribution >= 4 is 16.9 Å². The molecule has 2 aliphatic heterocycles. The van der Waals surface area contributed by atoms with E-state index in [2.05, 4.69) is 15.3 Å². The number of aromatic amines is 1. The van der Waals surface area contributed by atoms with Crippen LogP contribution in [0.3, 0.4) is 0 Å². The van der Waals surface area contributed by atoms with Crippen molar-refractivity contribution in [3.8, 4) is 0 Å². The fourth-order valence-corrected chi connectivity index (χ4v) is 3.32. The second-order valence-electron chi connectivity index (χ2n) is 5.61. The van der Waals surface area contributed by atoms with E-state index < -0.39 is 0 Å². The van der Waals surface area contributed by atoms with Crippen molar-refractivity contribution < 1.29 is 9.53 Å². The standard InChI is InChI=1S/C15H18N4O2/c20-14(19-4-5-21-13-9-16-8-12(13)19)6-10-7-18-15-11(10)2-1-3-17-15/h1-3,7,12-13,16H,4-6,8-9H2,(H,17,18)/t12-,13+/m1/s1. The highest BCUT2D eigenvalue weighted by Gasteiger charge is 2.38. The molecular formula is C15H18N4O2. The van der Waals surface area contributed by atoms with Crippen LogP contribution in [-0.2, 0) is 16.0 Å². The molecule has 1 amide bonds. The number of carbonyl (C=O) groups is 1. The van der Waals surface area contributed by atoms with Crippen LogP contribution in [0, 0.1) is 0 Å². The maximum atomic E-state index is 12.7. The molecule has 6 heteroatoms. The number of nitrogens with one attached hydrogen (secondary N) is 2. The van der Waals surface area contributed by atoms with Crippen molar-refractivity contribution in [3.63, 3.8) is 0 Å². The van der Waals surface area contributed by atoms with Crippen molar-refractivity contribution in [2.24, 2.45) is 0 Å². The number of amides is 1. The normalized spacial score (nSPS) is 25.2. The Morgan fingerprint density at radius 2 is 2.43 bits per heavy atom. The van der Waals surface area contributed by atoms with E-state index >= 15 is 0 Å². The van der Waals surface area contributed by atoms with Crippen LogP contribution in [-0.4, -0.2) is 59.2 Å². The minimum Gasteiger partial charge on any atom is -0.373 e. The van der Waals surface area contributed by atoms with Gasteiger partial charge in [0.1, 0.15) is 5.65 Å². The van der Waals surface area contributed by atoms with Gasteiger partial charge >= 0.3 is 0 Å². The highest BCUT2D eigenvalue weighted by molar-refractivity contribution is 5.87. The number of fused-ring (bicyclic) bond motifs is 2. The first-order chi connectivity index (χ1) is 10.3. The Hall–Kier alpha value is -1.92. The summed E-state index contributed by atoms with van der Waals surface area (Å²) >= 11 is 0. The molecule has 2 aromatic heterocycles. The Balaban J connectivity index is 1.55. The molecule has 2 atom stereocenters. The second-order valence-corrected chi connectivity index (χ2v) is 5.61. The third kappa shape index (κ3) is 2.20. The molecule has 0 aliphatic carbocycles. The maximum absolute atomic E-state index is 12.7. The lowest BCUT2D eigenvalue weighted by atomic mass is 10.1. The number of H-pyrrole nitrogens is 1. The van der Waals surface area contributed by atoms with Crippen LogP contribution in [0.1, 0.15) is 5.56 Å². The molecule has 2 saturated heterocycles.